The van der Waals surface area contributed by atoms with Crippen LogP contribution in [0.15, 0.2) is 73.0 Å². The average molecular weight is 524 g/mol. The molecule has 7 heteroatoms. The molecule has 2 N–H and O–H groups in total. The summed E-state index contributed by atoms with van der Waals surface area (Å²) >= 11 is 18.9. The minimum atomic E-state index is 0.549. The quantitative estimate of drug-likeness (QED) is 0.356. The number of dihydropyridines is 1. The fourth-order valence-electron chi connectivity index (χ4n) is 4.47. The zero-order chi connectivity index (χ0) is 24.4. The molecule has 5 rings (SSSR count). The lowest BCUT2D eigenvalue weighted by molar-refractivity contribution is 0.796. The van der Waals surface area contributed by atoms with Gasteiger partial charge in [-0.2, -0.15) is 5.10 Å². The molecule has 2 heterocycles. The number of benzene rings is 2. The summed E-state index contributed by atoms with van der Waals surface area (Å²) in [5.41, 5.74) is 8.08. The van der Waals surface area contributed by atoms with Crippen molar-refractivity contribution in [3.8, 4) is 5.69 Å². The largest absolute Gasteiger partial charge is 0.383 e. The number of hydrogen-bond acceptors (Lipinski definition) is 3. The van der Waals surface area contributed by atoms with Gasteiger partial charge in [-0.05, 0) is 72.9 Å². The van der Waals surface area contributed by atoms with Gasteiger partial charge in [-0.3, -0.25) is 0 Å². The van der Waals surface area contributed by atoms with E-state index in [-0.39, 0.29) is 0 Å². The highest BCUT2D eigenvalue weighted by atomic mass is 35.5. The lowest BCUT2D eigenvalue weighted by Crippen LogP contribution is -2.26. The van der Waals surface area contributed by atoms with E-state index < -0.39 is 0 Å². The summed E-state index contributed by atoms with van der Waals surface area (Å²) in [5, 5.41) is 13.7. The summed E-state index contributed by atoms with van der Waals surface area (Å²) in [7, 11) is 0. The van der Waals surface area contributed by atoms with E-state index in [2.05, 4.69) is 41.5 Å². The number of nitrogens with zero attached hydrogens (tertiary/aromatic N) is 2. The SMILES string of the molecule is C=C(NCC1=CC=CCN1)c1nn(-c2ccc(Cl)cc2Cl)c2c1CCC/C2=C\c1ccc(Cl)cc1. The van der Waals surface area contributed by atoms with Crippen molar-refractivity contribution in [3.05, 3.63) is 111 Å². The molecular weight excluding hydrogens is 499 g/mol. The molecule has 1 aliphatic carbocycles. The number of fused-ring (bicyclic) bond motifs is 1. The Balaban J connectivity index is 1.58. The molecule has 0 bridgehead atoms. The van der Waals surface area contributed by atoms with Gasteiger partial charge in [0.1, 0.15) is 5.69 Å². The van der Waals surface area contributed by atoms with Gasteiger partial charge in [0.15, 0.2) is 0 Å². The van der Waals surface area contributed by atoms with Crippen LogP contribution in [0.5, 0.6) is 0 Å². The van der Waals surface area contributed by atoms with Crippen molar-refractivity contribution in [1.82, 2.24) is 20.4 Å². The Kier molecular flexibility index (Phi) is 7.05. The zero-order valence-electron chi connectivity index (χ0n) is 19.1. The number of rotatable bonds is 6. The highest BCUT2D eigenvalue weighted by Gasteiger charge is 2.27. The molecule has 0 atom stereocenters. The van der Waals surface area contributed by atoms with E-state index in [1.165, 1.54) is 11.1 Å². The number of allylic oxidation sites excluding steroid dienone is 3. The Labute approximate surface area is 220 Å². The van der Waals surface area contributed by atoms with Crippen LogP contribution >= 0.6 is 34.8 Å². The summed E-state index contributed by atoms with van der Waals surface area (Å²) in [6, 6.07) is 13.4. The molecule has 2 aromatic carbocycles. The van der Waals surface area contributed by atoms with Crippen LogP contribution in [-0.2, 0) is 6.42 Å². The monoisotopic (exact) mass is 522 g/mol. The van der Waals surface area contributed by atoms with E-state index in [1.807, 2.05) is 41.1 Å². The van der Waals surface area contributed by atoms with Gasteiger partial charge in [0, 0.05) is 27.9 Å². The van der Waals surface area contributed by atoms with Crippen molar-refractivity contribution in [2.75, 3.05) is 13.1 Å². The van der Waals surface area contributed by atoms with Crippen LogP contribution in [0.2, 0.25) is 15.1 Å². The Morgan fingerprint density at radius 3 is 2.63 bits per heavy atom. The molecule has 0 spiro atoms. The van der Waals surface area contributed by atoms with Crippen LogP contribution in [0.25, 0.3) is 23.0 Å². The molecule has 0 saturated heterocycles. The third-order valence-electron chi connectivity index (χ3n) is 6.17. The summed E-state index contributed by atoms with van der Waals surface area (Å²) in [4.78, 5) is 0. The van der Waals surface area contributed by atoms with E-state index in [4.69, 9.17) is 39.9 Å². The molecule has 0 fully saturated rings. The van der Waals surface area contributed by atoms with E-state index in [0.717, 1.165) is 64.9 Å². The topological polar surface area (TPSA) is 41.9 Å². The predicted octanol–water partition coefficient (Wildman–Crippen LogP) is 7.31. The van der Waals surface area contributed by atoms with Crippen molar-refractivity contribution in [2.24, 2.45) is 0 Å². The van der Waals surface area contributed by atoms with Crippen LogP contribution < -0.4 is 10.6 Å². The van der Waals surface area contributed by atoms with E-state index in [9.17, 15) is 0 Å². The van der Waals surface area contributed by atoms with Crippen LogP contribution in [0, 0.1) is 0 Å². The number of hydrogen-bond donors (Lipinski definition) is 2. The van der Waals surface area contributed by atoms with E-state index in [1.54, 1.807) is 6.07 Å². The molecule has 35 heavy (non-hydrogen) atoms. The first-order chi connectivity index (χ1) is 17.0. The van der Waals surface area contributed by atoms with Gasteiger partial charge in [0.25, 0.3) is 0 Å². The average Bonchev–Trinajstić information content (AvgIpc) is 3.25. The second-order valence-electron chi connectivity index (χ2n) is 8.59. The summed E-state index contributed by atoms with van der Waals surface area (Å²) in [5.74, 6) is 0. The Morgan fingerprint density at radius 2 is 1.89 bits per heavy atom. The summed E-state index contributed by atoms with van der Waals surface area (Å²) in [6.45, 7) is 5.82. The number of aromatic nitrogens is 2. The molecule has 1 aliphatic heterocycles. The molecule has 0 unspecified atom stereocenters. The fraction of sp³-hybridized carbons (Fsp3) is 0.179. The first-order valence-corrected chi connectivity index (χ1v) is 12.7. The molecule has 0 amide bonds. The maximum atomic E-state index is 6.64. The van der Waals surface area contributed by atoms with Crippen LogP contribution in [0.4, 0.5) is 0 Å². The van der Waals surface area contributed by atoms with Crippen molar-refractivity contribution in [2.45, 2.75) is 19.3 Å². The Morgan fingerprint density at radius 1 is 1.09 bits per heavy atom. The number of halogens is 3. The second kappa shape index (κ2) is 10.4. The van der Waals surface area contributed by atoms with Crippen molar-refractivity contribution < 1.29 is 0 Å². The molecule has 4 nitrogen and oxygen atoms in total. The highest BCUT2D eigenvalue weighted by Crippen LogP contribution is 2.38. The van der Waals surface area contributed by atoms with Crippen molar-refractivity contribution in [3.63, 3.8) is 0 Å². The van der Waals surface area contributed by atoms with Gasteiger partial charge < -0.3 is 10.6 Å². The van der Waals surface area contributed by atoms with Crippen LogP contribution in [0.3, 0.4) is 0 Å². The molecular formula is C28H25Cl3N4. The Bertz CT molecular complexity index is 1360. The minimum absolute atomic E-state index is 0.549. The van der Waals surface area contributed by atoms with Crippen molar-refractivity contribution in [1.29, 1.82) is 0 Å². The minimum Gasteiger partial charge on any atom is -0.383 e. The van der Waals surface area contributed by atoms with Gasteiger partial charge in [-0.15, -0.1) is 0 Å². The van der Waals surface area contributed by atoms with Gasteiger partial charge in [0.05, 0.1) is 28.6 Å². The summed E-state index contributed by atoms with van der Waals surface area (Å²) in [6.07, 6.45) is 11.3. The van der Waals surface area contributed by atoms with Gasteiger partial charge in [-0.25, -0.2) is 4.68 Å². The third-order valence-corrected chi connectivity index (χ3v) is 6.96. The maximum absolute atomic E-state index is 6.64. The van der Waals surface area contributed by atoms with Gasteiger partial charge in [0.2, 0.25) is 0 Å². The first-order valence-electron chi connectivity index (χ1n) is 11.6. The molecule has 178 valence electrons. The molecule has 3 aromatic rings. The van der Waals surface area contributed by atoms with E-state index >= 15 is 0 Å². The highest BCUT2D eigenvalue weighted by molar-refractivity contribution is 6.35. The first kappa shape index (κ1) is 23.8. The van der Waals surface area contributed by atoms with Crippen LogP contribution in [0.1, 0.15) is 35.4 Å². The number of nitrogens with one attached hydrogen (secondary N) is 2. The molecule has 2 aliphatic rings. The zero-order valence-corrected chi connectivity index (χ0v) is 21.4. The normalized spacial score (nSPS) is 16.0. The van der Waals surface area contributed by atoms with Crippen LogP contribution in [-0.4, -0.2) is 22.9 Å². The van der Waals surface area contributed by atoms with Crippen molar-refractivity contribution >= 4 is 52.1 Å². The van der Waals surface area contributed by atoms with Gasteiger partial charge >= 0.3 is 0 Å². The Hall–Kier alpha value is -2.92. The van der Waals surface area contributed by atoms with Gasteiger partial charge in [-0.1, -0.05) is 65.7 Å². The summed E-state index contributed by atoms with van der Waals surface area (Å²) < 4.78 is 1.94. The third kappa shape index (κ3) is 5.20. The lowest BCUT2D eigenvalue weighted by Gasteiger charge is -2.19. The maximum Gasteiger partial charge on any atom is 0.112 e. The predicted molar refractivity (Wildman–Crippen MR) is 148 cm³/mol. The smallest absolute Gasteiger partial charge is 0.112 e. The molecule has 1 aromatic heterocycles. The fourth-order valence-corrected chi connectivity index (χ4v) is 5.08. The molecule has 0 radical (unpaired) electrons. The second-order valence-corrected chi connectivity index (χ2v) is 9.87. The lowest BCUT2D eigenvalue weighted by atomic mass is 9.89. The standard InChI is InChI=1S/C28H25Cl3N4/c1-18(33-17-23-6-2-3-14-32-23)27-24-7-4-5-20(15-19-8-10-21(29)11-9-19)28(24)35(34-27)26-13-12-22(30)16-25(26)31/h2-3,6,8-13,15-16,32-33H,1,4-5,7,14,17H2/b20-15+. The van der Waals surface area contributed by atoms with E-state index in [0.29, 0.717) is 16.6 Å². The molecule has 0 saturated carbocycles.